The molecule has 0 saturated carbocycles. The Kier molecular flexibility index (Phi) is 4.88. The van der Waals surface area contributed by atoms with Gasteiger partial charge in [-0.2, -0.15) is 0 Å². The van der Waals surface area contributed by atoms with Crippen LogP contribution in [0.15, 0.2) is 30.3 Å². The van der Waals surface area contributed by atoms with Gasteiger partial charge >= 0.3 is 5.69 Å². The standard InChI is InChI=1S/C16H15NO7/c1-22-12-5-4-9(7-13(12)23-2)15(18)10-6-11(17(20)21)16(19)14(8-10)24-3/h4-8,19H,1-3H3. The number of phenols is 1. The first kappa shape index (κ1) is 17.1. The van der Waals surface area contributed by atoms with Crippen LogP contribution in [0, 0.1) is 10.1 Å². The van der Waals surface area contributed by atoms with E-state index in [1.807, 2.05) is 0 Å². The van der Waals surface area contributed by atoms with E-state index in [-0.39, 0.29) is 16.9 Å². The lowest BCUT2D eigenvalue weighted by atomic mass is 10.0. The molecule has 0 heterocycles. The molecule has 0 saturated heterocycles. The number of nitro groups is 1. The second-order valence-electron chi connectivity index (χ2n) is 4.70. The third-order valence-corrected chi connectivity index (χ3v) is 3.38. The fourth-order valence-electron chi connectivity index (χ4n) is 2.16. The van der Waals surface area contributed by atoms with Crippen LogP contribution in [0.1, 0.15) is 15.9 Å². The number of phenolic OH excluding ortho intramolecular Hbond substituents is 1. The van der Waals surface area contributed by atoms with E-state index < -0.39 is 22.1 Å². The van der Waals surface area contributed by atoms with Gasteiger partial charge in [0.1, 0.15) is 0 Å². The van der Waals surface area contributed by atoms with Gasteiger partial charge in [0.25, 0.3) is 0 Å². The maximum Gasteiger partial charge on any atom is 0.315 e. The summed E-state index contributed by atoms with van der Waals surface area (Å²) in [5, 5.41) is 20.8. The molecule has 2 rings (SSSR count). The third kappa shape index (κ3) is 3.07. The Hall–Kier alpha value is -3.29. The second-order valence-corrected chi connectivity index (χ2v) is 4.70. The Labute approximate surface area is 137 Å². The van der Waals surface area contributed by atoms with E-state index >= 15 is 0 Å². The molecule has 0 amide bonds. The highest BCUT2D eigenvalue weighted by Crippen LogP contribution is 2.38. The molecule has 2 aromatic rings. The molecule has 0 aliphatic rings. The Morgan fingerprint density at radius 1 is 0.958 bits per heavy atom. The fraction of sp³-hybridized carbons (Fsp3) is 0.188. The minimum absolute atomic E-state index is 0.00331. The van der Waals surface area contributed by atoms with Gasteiger partial charge in [0.2, 0.25) is 5.75 Å². The quantitative estimate of drug-likeness (QED) is 0.491. The molecule has 0 spiro atoms. The summed E-state index contributed by atoms with van der Waals surface area (Å²) in [5.74, 6) is -0.483. The molecule has 126 valence electrons. The van der Waals surface area contributed by atoms with Crippen LogP contribution in [-0.2, 0) is 0 Å². The first-order valence-corrected chi connectivity index (χ1v) is 6.75. The van der Waals surface area contributed by atoms with E-state index in [0.29, 0.717) is 11.5 Å². The summed E-state index contributed by atoms with van der Waals surface area (Å²) < 4.78 is 15.1. The van der Waals surface area contributed by atoms with E-state index in [9.17, 15) is 20.0 Å². The Morgan fingerprint density at radius 3 is 2.08 bits per heavy atom. The second kappa shape index (κ2) is 6.86. The van der Waals surface area contributed by atoms with Gasteiger partial charge in [0.15, 0.2) is 23.0 Å². The number of carbonyl (C=O) groups excluding carboxylic acids is 1. The molecule has 24 heavy (non-hydrogen) atoms. The molecule has 0 fully saturated rings. The summed E-state index contributed by atoms with van der Waals surface area (Å²) in [6.07, 6.45) is 0. The topological polar surface area (TPSA) is 108 Å². The van der Waals surface area contributed by atoms with Crippen molar-refractivity contribution in [3.8, 4) is 23.0 Å². The number of methoxy groups -OCH3 is 3. The number of hydrogen-bond acceptors (Lipinski definition) is 7. The molecule has 0 bridgehead atoms. The van der Waals surface area contributed by atoms with Crippen LogP contribution in [0.25, 0.3) is 0 Å². The van der Waals surface area contributed by atoms with E-state index in [2.05, 4.69) is 0 Å². The van der Waals surface area contributed by atoms with Crippen LogP contribution < -0.4 is 14.2 Å². The minimum Gasteiger partial charge on any atom is -0.500 e. The Balaban J connectivity index is 2.54. The van der Waals surface area contributed by atoms with Gasteiger partial charge < -0.3 is 19.3 Å². The summed E-state index contributed by atoms with van der Waals surface area (Å²) in [6.45, 7) is 0. The zero-order chi connectivity index (χ0) is 17.9. The highest BCUT2D eigenvalue weighted by Gasteiger charge is 2.23. The number of nitro benzene ring substituents is 1. The lowest BCUT2D eigenvalue weighted by Gasteiger charge is -2.10. The summed E-state index contributed by atoms with van der Waals surface area (Å²) in [5.41, 5.74) is -0.364. The molecular formula is C16H15NO7. The minimum atomic E-state index is -0.788. The maximum absolute atomic E-state index is 12.6. The van der Waals surface area contributed by atoms with Crippen molar-refractivity contribution < 1.29 is 29.0 Å². The van der Waals surface area contributed by atoms with Crippen molar-refractivity contribution in [2.45, 2.75) is 0 Å². The average Bonchev–Trinajstić information content (AvgIpc) is 2.60. The fourth-order valence-corrected chi connectivity index (χ4v) is 2.16. The van der Waals surface area contributed by atoms with Gasteiger partial charge in [-0.1, -0.05) is 0 Å². The molecule has 0 atom stereocenters. The van der Waals surface area contributed by atoms with Crippen LogP contribution in [-0.4, -0.2) is 37.1 Å². The molecule has 8 heteroatoms. The number of nitrogens with zero attached hydrogens (tertiary/aromatic N) is 1. The van der Waals surface area contributed by atoms with Gasteiger partial charge in [-0.25, -0.2) is 0 Å². The third-order valence-electron chi connectivity index (χ3n) is 3.38. The Morgan fingerprint density at radius 2 is 1.54 bits per heavy atom. The molecule has 8 nitrogen and oxygen atoms in total. The van der Waals surface area contributed by atoms with Crippen molar-refractivity contribution >= 4 is 11.5 Å². The van der Waals surface area contributed by atoms with Crippen molar-refractivity contribution in [3.05, 3.63) is 51.6 Å². The summed E-state index contributed by atoms with van der Waals surface area (Å²) in [6, 6.07) is 6.76. The zero-order valence-corrected chi connectivity index (χ0v) is 13.2. The SMILES string of the molecule is COc1ccc(C(=O)c2cc(OC)c(O)c([N+](=O)[O-])c2)cc1OC. The molecule has 0 aromatic heterocycles. The monoisotopic (exact) mass is 333 g/mol. The van der Waals surface area contributed by atoms with Gasteiger partial charge in [-0.3, -0.25) is 14.9 Å². The van der Waals surface area contributed by atoms with Gasteiger partial charge in [-0.15, -0.1) is 0 Å². The van der Waals surface area contributed by atoms with Crippen molar-refractivity contribution in [1.29, 1.82) is 0 Å². The van der Waals surface area contributed by atoms with E-state index in [0.717, 1.165) is 6.07 Å². The lowest BCUT2D eigenvalue weighted by Crippen LogP contribution is -2.04. The predicted molar refractivity (Wildman–Crippen MR) is 84.3 cm³/mol. The molecule has 0 aliphatic heterocycles. The average molecular weight is 333 g/mol. The van der Waals surface area contributed by atoms with Crippen molar-refractivity contribution in [2.75, 3.05) is 21.3 Å². The van der Waals surface area contributed by atoms with Crippen molar-refractivity contribution in [1.82, 2.24) is 0 Å². The number of rotatable bonds is 6. The molecular weight excluding hydrogens is 318 g/mol. The highest BCUT2D eigenvalue weighted by molar-refractivity contribution is 6.10. The van der Waals surface area contributed by atoms with Gasteiger partial charge in [0.05, 0.1) is 26.3 Å². The molecule has 2 aromatic carbocycles. The molecule has 0 unspecified atom stereocenters. The Bertz CT molecular complexity index is 801. The molecule has 1 N–H and O–H groups in total. The normalized spacial score (nSPS) is 10.1. The maximum atomic E-state index is 12.6. The van der Waals surface area contributed by atoms with E-state index in [1.165, 1.54) is 39.5 Å². The highest BCUT2D eigenvalue weighted by atomic mass is 16.6. The summed E-state index contributed by atoms with van der Waals surface area (Å²) in [4.78, 5) is 22.9. The number of benzene rings is 2. The van der Waals surface area contributed by atoms with E-state index in [1.54, 1.807) is 6.07 Å². The number of aromatic hydroxyl groups is 1. The van der Waals surface area contributed by atoms with E-state index in [4.69, 9.17) is 14.2 Å². The molecule has 0 radical (unpaired) electrons. The summed E-state index contributed by atoms with van der Waals surface area (Å²) >= 11 is 0. The largest absolute Gasteiger partial charge is 0.500 e. The van der Waals surface area contributed by atoms with Crippen LogP contribution in [0.5, 0.6) is 23.0 Å². The smallest absolute Gasteiger partial charge is 0.315 e. The van der Waals surface area contributed by atoms with Gasteiger partial charge in [-0.05, 0) is 24.3 Å². The van der Waals surface area contributed by atoms with Crippen LogP contribution in [0.4, 0.5) is 5.69 Å². The summed E-state index contributed by atoms with van der Waals surface area (Å²) in [7, 11) is 4.14. The van der Waals surface area contributed by atoms with Crippen LogP contribution >= 0.6 is 0 Å². The number of carbonyl (C=O) groups is 1. The number of hydrogen-bond donors (Lipinski definition) is 1. The van der Waals surface area contributed by atoms with Crippen LogP contribution in [0.3, 0.4) is 0 Å². The first-order valence-electron chi connectivity index (χ1n) is 6.75. The van der Waals surface area contributed by atoms with Crippen molar-refractivity contribution in [2.24, 2.45) is 0 Å². The van der Waals surface area contributed by atoms with Gasteiger partial charge in [0, 0.05) is 17.2 Å². The predicted octanol–water partition coefficient (Wildman–Crippen LogP) is 2.56. The first-order chi connectivity index (χ1) is 11.4. The molecule has 0 aliphatic carbocycles. The number of ether oxygens (including phenoxy) is 3. The number of ketones is 1. The van der Waals surface area contributed by atoms with Crippen LogP contribution in [0.2, 0.25) is 0 Å². The van der Waals surface area contributed by atoms with Crippen molar-refractivity contribution in [3.63, 3.8) is 0 Å². The lowest BCUT2D eigenvalue weighted by molar-refractivity contribution is -0.386. The zero-order valence-electron chi connectivity index (χ0n) is 13.2.